The molecule has 0 unspecified atom stereocenters. The summed E-state index contributed by atoms with van der Waals surface area (Å²) in [6, 6.07) is 19.0. The number of rotatable bonds is 5. The normalized spacial score (nSPS) is 11.4. The second kappa shape index (κ2) is 7.31. The molecule has 8 heteroatoms. The van der Waals surface area contributed by atoms with E-state index in [1.165, 1.54) is 20.4 Å². The van der Waals surface area contributed by atoms with E-state index < -0.39 is 0 Å². The van der Waals surface area contributed by atoms with Crippen LogP contribution in [-0.2, 0) is 13.1 Å². The lowest BCUT2D eigenvalue weighted by molar-refractivity contribution is 0.408. The van der Waals surface area contributed by atoms with Crippen molar-refractivity contribution in [2.75, 3.05) is 7.11 Å². The summed E-state index contributed by atoms with van der Waals surface area (Å²) >= 11 is 1.32. The number of benzene rings is 2. The Hall–Kier alpha value is -3.65. The highest BCUT2D eigenvalue weighted by molar-refractivity contribution is 7.17. The van der Waals surface area contributed by atoms with Gasteiger partial charge in [-0.2, -0.15) is 0 Å². The number of ether oxygens (including phenoxy) is 1. The van der Waals surface area contributed by atoms with Crippen molar-refractivity contribution in [1.29, 1.82) is 0 Å². The molecule has 0 bridgehead atoms. The Kier molecular flexibility index (Phi) is 4.48. The summed E-state index contributed by atoms with van der Waals surface area (Å²) in [5.41, 5.74) is 1.94. The van der Waals surface area contributed by atoms with Gasteiger partial charge in [0.15, 0.2) is 0 Å². The second-order valence-electron chi connectivity index (χ2n) is 6.90. The highest BCUT2D eigenvalue weighted by Crippen LogP contribution is 2.21. The number of hydrogen-bond donors (Lipinski definition) is 0. The van der Waals surface area contributed by atoms with Gasteiger partial charge < -0.3 is 4.74 Å². The number of methoxy groups -OCH3 is 1. The first-order valence-electron chi connectivity index (χ1n) is 9.43. The van der Waals surface area contributed by atoms with E-state index in [4.69, 9.17) is 4.74 Å². The first kappa shape index (κ1) is 18.4. The van der Waals surface area contributed by atoms with Crippen molar-refractivity contribution in [3.8, 4) is 5.75 Å². The number of aromatic nitrogens is 4. The lowest BCUT2D eigenvalue weighted by atomic mass is 10.2. The summed E-state index contributed by atoms with van der Waals surface area (Å²) in [5, 5.41) is 6.36. The van der Waals surface area contributed by atoms with Gasteiger partial charge >= 0.3 is 5.69 Å². The number of hydrogen-bond acceptors (Lipinski definition) is 5. The third kappa shape index (κ3) is 2.93. The van der Waals surface area contributed by atoms with Crippen LogP contribution in [-0.4, -0.2) is 25.9 Å². The van der Waals surface area contributed by atoms with Crippen molar-refractivity contribution in [3.63, 3.8) is 0 Å². The zero-order valence-electron chi connectivity index (χ0n) is 16.2. The fourth-order valence-corrected chi connectivity index (χ4v) is 4.46. The molecule has 0 saturated carbocycles. The third-order valence-electron chi connectivity index (χ3n) is 5.08. The van der Waals surface area contributed by atoms with Crippen LogP contribution in [0.15, 0.2) is 75.6 Å². The Morgan fingerprint density at radius 1 is 0.967 bits per heavy atom. The summed E-state index contributed by atoms with van der Waals surface area (Å²) in [6.45, 7) is 0.581. The van der Waals surface area contributed by atoms with E-state index in [1.807, 2.05) is 60.0 Å². The zero-order valence-corrected chi connectivity index (χ0v) is 17.0. The van der Waals surface area contributed by atoms with Gasteiger partial charge in [0.2, 0.25) is 5.78 Å². The molecule has 0 atom stereocenters. The molecule has 0 aliphatic carbocycles. The van der Waals surface area contributed by atoms with Gasteiger partial charge in [-0.25, -0.2) is 13.9 Å². The highest BCUT2D eigenvalue weighted by atomic mass is 32.1. The SMILES string of the molecule is COc1ccccc1Cn1c(=O)c2sccc2n2c(=O)n(Cc3ccccc3)nc12. The maximum atomic E-state index is 13.3. The van der Waals surface area contributed by atoms with E-state index in [9.17, 15) is 9.59 Å². The van der Waals surface area contributed by atoms with Crippen molar-refractivity contribution < 1.29 is 4.74 Å². The molecule has 0 amide bonds. The smallest absolute Gasteiger partial charge is 0.352 e. The minimum atomic E-state index is -0.272. The molecule has 3 heterocycles. The van der Waals surface area contributed by atoms with E-state index in [0.29, 0.717) is 28.3 Å². The van der Waals surface area contributed by atoms with Crippen molar-refractivity contribution in [2.45, 2.75) is 13.1 Å². The lowest BCUT2D eigenvalue weighted by Gasteiger charge is -2.11. The fourth-order valence-electron chi connectivity index (χ4n) is 3.64. The molecule has 5 aromatic rings. The molecule has 30 heavy (non-hydrogen) atoms. The summed E-state index contributed by atoms with van der Waals surface area (Å²) in [7, 11) is 1.60. The fraction of sp³-hybridized carbons (Fsp3) is 0.136. The quantitative estimate of drug-likeness (QED) is 0.440. The molecule has 5 rings (SSSR count). The maximum Gasteiger partial charge on any atom is 0.352 e. The first-order valence-corrected chi connectivity index (χ1v) is 10.3. The van der Waals surface area contributed by atoms with E-state index in [-0.39, 0.29) is 17.8 Å². The van der Waals surface area contributed by atoms with Crippen molar-refractivity contribution in [3.05, 3.63) is 98.0 Å². The number of thiophene rings is 1. The molecule has 150 valence electrons. The predicted octanol–water partition coefficient (Wildman–Crippen LogP) is 2.98. The predicted molar refractivity (Wildman–Crippen MR) is 117 cm³/mol. The van der Waals surface area contributed by atoms with E-state index >= 15 is 0 Å². The van der Waals surface area contributed by atoms with Crippen LogP contribution in [0, 0.1) is 0 Å². The molecule has 0 aliphatic rings. The van der Waals surface area contributed by atoms with Crippen LogP contribution in [0.5, 0.6) is 5.75 Å². The Balaban J connectivity index is 1.75. The molecule has 0 radical (unpaired) electrons. The van der Waals surface area contributed by atoms with Crippen molar-refractivity contribution in [2.24, 2.45) is 0 Å². The third-order valence-corrected chi connectivity index (χ3v) is 5.98. The molecule has 0 saturated heterocycles. The van der Waals surface area contributed by atoms with Gasteiger partial charge in [0, 0.05) is 5.56 Å². The van der Waals surface area contributed by atoms with Gasteiger partial charge in [-0.3, -0.25) is 9.36 Å². The molecule has 0 spiro atoms. The van der Waals surface area contributed by atoms with E-state index in [1.54, 1.807) is 17.7 Å². The molecule has 2 aromatic carbocycles. The van der Waals surface area contributed by atoms with Gasteiger partial charge in [-0.1, -0.05) is 48.5 Å². The van der Waals surface area contributed by atoms with Crippen LogP contribution in [0.1, 0.15) is 11.1 Å². The van der Waals surface area contributed by atoms with Gasteiger partial charge in [-0.15, -0.1) is 16.4 Å². The molecule has 0 N–H and O–H groups in total. The lowest BCUT2D eigenvalue weighted by Crippen LogP contribution is -2.26. The van der Waals surface area contributed by atoms with Crippen LogP contribution in [0.25, 0.3) is 16.0 Å². The molecule has 0 aliphatic heterocycles. The highest BCUT2D eigenvalue weighted by Gasteiger charge is 2.19. The average molecular weight is 418 g/mol. The van der Waals surface area contributed by atoms with Crippen LogP contribution in [0.3, 0.4) is 0 Å². The maximum absolute atomic E-state index is 13.3. The van der Waals surface area contributed by atoms with Gasteiger partial charge in [-0.05, 0) is 23.1 Å². The number of fused-ring (bicyclic) bond motifs is 3. The first-order chi connectivity index (χ1) is 14.7. The minimum Gasteiger partial charge on any atom is -0.496 e. The van der Waals surface area contributed by atoms with Crippen molar-refractivity contribution >= 4 is 27.3 Å². The monoisotopic (exact) mass is 418 g/mol. The van der Waals surface area contributed by atoms with Crippen LogP contribution in [0.2, 0.25) is 0 Å². The molecule has 7 nitrogen and oxygen atoms in total. The van der Waals surface area contributed by atoms with Crippen LogP contribution < -0.4 is 16.0 Å². The van der Waals surface area contributed by atoms with Crippen molar-refractivity contribution in [1.82, 2.24) is 18.7 Å². The molecular weight excluding hydrogens is 400 g/mol. The topological polar surface area (TPSA) is 70.5 Å². The van der Waals surface area contributed by atoms with Gasteiger partial charge in [0.1, 0.15) is 10.4 Å². The van der Waals surface area contributed by atoms with E-state index in [2.05, 4.69) is 5.10 Å². The Morgan fingerprint density at radius 2 is 1.73 bits per heavy atom. The molecule has 0 fully saturated rings. The zero-order chi connectivity index (χ0) is 20.7. The van der Waals surface area contributed by atoms with E-state index in [0.717, 1.165) is 11.1 Å². The van der Waals surface area contributed by atoms with Crippen LogP contribution in [0.4, 0.5) is 0 Å². The van der Waals surface area contributed by atoms with Gasteiger partial charge in [0.25, 0.3) is 5.56 Å². The van der Waals surface area contributed by atoms with Gasteiger partial charge in [0.05, 0.1) is 25.7 Å². The Bertz CT molecular complexity index is 1480. The summed E-state index contributed by atoms with van der Waals surface area (Å²) in [4.78, 5) is 26.5. The summed E-state index contributed by atoms with van der Waals surface area (Å²) < 4.78 is 10.4. The molecular formula is C22H18N4O3S. The Morgan fingerprint density at radius 3 is 2.53 bits per heavy atom. The molecule has 3 aromatic heterocycles. The summed E-state index contributed by atoms with van der Waals surface area (Å²) in [6.07, 6.45) is 0. The standard InChI is InChI=1S/C22H18N4O3S/c1-29-18-10-6-5-9-16(18)14-24-20(27)19-17(11-12-30-19)26-21(24)23-25(22(26)28)13-15-7-3-2-4-8-15/h2-12H,13-14H2,1H3. The number of nitrogens with zero attached hydrogens (tertiary/aromatic N) is 4. The Labute approximate surface area is 175 Å². The minimum absolute atomic E-state index is 0.171. The second-order valence-corrected chi connectivity index (χ2v) is 7.82. The van der Waals surface area contributed by atoms with Crippen LogP contribution >= 0.6 is 11.3 Å². The largest absolute Gasteiger partial charge is 0.496 e. The average Bonchev–Trinajstić information content (AvgIpc) is 3.37. The summed E-state index contributed by atoms with van der Waals surface area (Å²) in [5.74, 6) is 0.998. The number of para-hydroxylation sites is 1.